The standard InChI is InChI=1S/C23H22N2O5/c1-25(13-15-3-4-17-10-19(28-2)7-5-16(17)9-15)22(26)12-24-23(27)18-6-8-20-21(11-18)30-14-29-20/h3-11H,12-14H2,1-2H3,(H,24,27). The number of likely N-dealkylation sites (N-methyl/N-ethyl adjacent to an activating group) is 1. The Kier molecular flexibility index (Phi) is 5.43. The fraction of sp³-hybridized carbons (Fsp3) is 0.217. The lowest BCUT2D eigenvalue weighted by atomic mass is 10.1. The number of nitrogens with zero attached hydrogens (tertiary/aromatic N) is 1. The molecule has 0 fully saturated rings. The normalized spacial score (nSPS) is 11.9. The van der Waals surface area contributed by atoms with E-state index in [1.807, 2.05) is 36.4 Å². The third-order valence-electron chi connectivity index (χ3n) is 4.99. The number of methoxy groups -OCH3 is 1. The number of hydrogen-bond donors (Lipinski definition) is 1. The minimum Gasteiger partial charge on any atom is -0.497 e. The zero-order valence-electron chi connectivity index (χ0n) is 16.8. The fourth-order valence-electron chi connectivity index (χ4n) is 3.29. The molecule has 0 atom stereocenters. The van der Waals surface area contributed by atoms with Gasteiger partial charge in [0, 0.05) is 19.2 Å². The van der Waals surface area contributed by atoms with E-state index in [1.165, 1.54) is 0 Å². The molecule has 0 unspecified atom stereocenters. The van der Waals surface area contributed by atoms with Gasteiger partial charge in [-0.05, 0) is 52.7 Å². The zero-order chi connectivity index (χ0) is 21.1. The summed E-state index contributed by atoms with van der Waals surface area (Å²) in [7, 11) is 3.36. The van der Waals surface area contributed by atoms with E-state index in [2.05, 4.69) is 5.32 Å². The molecule has 3 aromatic rings. The molecule has 0 aliphatic carbocycles. The van der Waals surface area contributed by atoms with Crippen LogP contribution in [0.15, 0.2) is 54.6 Å². The van der Waals surface area contributed by atoms with Gasteiger partial charge in [-0.3, -0.25) is 9.59 Å². The zero-order valence-corrected chi connectivity index (χ0v) is 16.8. The maximum absolute atomic E-state index is 12.5. The molecule has 2 amide bonds. The van der Waals surface area contributed by atoms with E-state index >= 15 is 0 Å². The molecular weight excluding hydrogens is 384 g/mol. The Morgan fingerprint density at radius 2 is 1.77 bits per heavy atom. The predicted molar refractivity (Wildman–Crippen MR) is 112 cm³/mol. The Balaban J connectivity index is 1.34. The first-order valence-electron chi connectivity index (χ1n) is 9.52. The van der Waals surface area contributed by atoms with E-state index in [4.69, 9.17) is 14.2 Å². The molecule has 1 heterocycles. The highest BCUT2D eigenvalue weighted by molar-refractivity contribution is 5.97. The largest absolute Gasteiger partial charge is 0.497 e. The van der Waals surface area contributed by atoms with Crippen LogP contribution in [0, 0.1) is 0 Å². The number of benzene rings is 3. The average Bonchev–Trinajstić information content (AvgIpc) is 3.24. The van der Waals surface area contributed by atoms with Crippen molar-refractivity contribution in [3.05, 3.63) is 65.7 Å². The second kappa shape index (κ2) is 8.32. The second-order valence-electron chi connectivity index (χ2n) is 7.05. The average molecular weight is 406 g/mol. The van der Waals surface area contributed by atoms with E-state index in [1.54, 1.807) is 37.3 Å². The van der Waals surface area contributed by atoms with Crippen molar-refractivity contribution in [3.8, 4) is 17.2 Å². The summed E-state index contributed by atoms with van der Waals surface area (Å²) in [6.45, 7) is 0.501. The summed E-state index contributed by atoms with van der Waals surface area (Å²) in [6, 6.07) is 16.8. The molecule has 7 heteroatoms. The number of hydrogen-bond acceptors (Lipinski definition) is 5. The Morgan fingerprint density at radius 1 is 1.00 bits per heavy atom. The molecule has 4 rings (SSSR count). The van der Waals surface area contributed by atoms with E-state index in [0.29, 0.717) is 23.6 Å². The lowest BCUT2D eigenvalue weighted by molar-refractivity contribution is -0.129. The van der Waals surface area contributed by atoms with Crippen LogP contribution in [-0.2, 0) is 11.3 Å². The van der Waals surface area contributed by atoms with Gasteiger partial charge in [-0.2, -0.15) is 0 Å². The summed E-state index contributed by atoms with van der Waals surface area (Å²) >= 11 is 0. The van der Waals surface area contributed by atoms with E-state index < -0.39 is 0 Å². The molecule has 1 N–H and O–H groups in total. The molecule has 0 spiro atoms. The molecule has 0 aromatic heterocycles. The molecule has 1 aliphatic heterocycles. The summed E-state index contributed by atoms with van der Waals surface area (Å²) in [5.74, 6) is 1.42. The number of ether oxygens (including phenoxy) is 3. The first-order chi connectivity index (χ1) is 14.5. The fourth-order valence-corrected chi connectivity index (χ4v) is 3.29. The number of fused-ring (bicyclic) bond motifs is 2. The molecule has 154 valence electrons. The van der Waals surface area contributed by atoms with Crippen LogP contribution in [-0.4, -0.2) is 44.2 Å². The van der Waals surface area contributed by atoms with Crippen LogP contribution in [0.2, 0.25) is 0 Å². The summed E-state index contributed by atoms with van der Waals surface area (Å²) in [5.41, 5.74) is 1.42. The topological polar surface area (TPSA) is 77.1 Å². The van der Waals surface area contributed by atoms with Crippen molar-refractivity contribution in [2.75, 3.05) is 27.5 Å². The van der Waals surface area contributed by atoms with Crippen molar-refractivity contribution in [2.24, 2.45) is 0 Å². The van der Waals surface area contributed by atoms with Crippen molar-refractivity contribution in [1.29, 1.82) is 0 Å². The Morgan fingerprint density at radius 3 is 2.60 bits per heavy atom. The van der Waals surface area contributed by atoms with Crippen LogP contribution < -0.4 is 19.5 Å². The maximum atomic E-state index is 12.5. The molecule has 30 heavy (non-hydrogen) atoms. The smallest absolute Gasteiger partial charge is 0.251 e. The van der Waals surface area contributed by atoms with E-state index in [0.717, 1.165) is 22.1 Å². The third-order valence-corrected chi connectivity index (χ3v) is 4.99. The van der Waals surface area contributed by atoms with Crippen LogP contribution in [0.4, 0.5) is 0 Å². The summed E-state index contributed by atoms with van der Waals surface area (Å²) < 4.78 is 15.8. The van der Waals surface area contributed by atoms with E-state index in [-0.39, 0.29) is 25.2 Å². The third kappa shape index (κ3) is 4.15. The lowest BCUT2D eigenvalue weighted by Gasteiger charge is -2.18. The van der Waals surface area contributed by atoms with Gasteiger partial charge in [-0.25, -0.2) is 0 Å². The van der Waals surface area contributed by atoms with Crippen LogP contribution in [0.3, 0.4) is 0 Å². The molecular formula is C23H22N2O5. The van der Waals surface area contributed by atoms with Gasteiger partial charge in [-0.15, -0.1) is 0 Å². The molecule has 1 aliphatic rings. The van der Waals surface area contributed by atoms with Gasteiger partial charge in [0.15, 0.2) is 11.5 Å². The molecule has 3 aromatic carbocycles. The molecule has 7 nitrogen and oxygen atoms in total. The van der Waals surface area contributed by atoms with Crippen LogP contribution in [0.1, 0.15) is 15.9 Å². The van der Waals surface area contributed by atoms with Crippen molar-refractivity contribution in [1.82, 2.24) is 10.2 Å². The van der Waals surface area contributed by atoms with Crippen molar-refractivity contribution >= 4 is 22.6 Å². The predicted octanol–water partition coefficient (Wildman–Crippen LogP) is 2.97. The highest BCUT2D eigenvalue weighted by Crippen LogP contribution is 2.32. The summed E-state index contributed by atoms with van der Waals surface area (Å²) in [6.07, 6.45) is 0. The molecule has 0 saturated carbocycles. The van der Waals surface area contributed by atoms with Gasteiger partial charge in [0.2, 0.25) is 12.7 Å². The Hall–Kier alpha value is -3.74. The van der Waals surface area contributed by atoms with Gasteiger partial charge < -0.3 is 24.4 Å². The minimum absolute atomic E-state index is 0.0887. The van der Waals surface area contributed by atoms with Gasteiger partial charge in [0.05, 0.1) is 13.7 Å². The maximum Gasteiger partial charge on any atom is 0.251 e. The Labute approximate surface area is 174 Å². The first-order valence-corrected chi connectivity index (χ1v) is 9.52. The van der Waals surface area contributed by atoms with Crippen LogP contribution in [0.5, 0.6) is 17.2 Å². The number of amides is 2. The van der Waals surface area contributed by atoms with Crippen molar-refractivity contribution in [3.63, 3.8) is 0 Å². The summed E-state index contributed by atoms with van der Waals surface area (Å²) in [5, 5.41) is 4.81. The number of carbonyl (C=O) groups excluding carboxylic acids is 2. The van der Waals surface area contributed by atoms with Gasteiger partial charge >= 0.3 is 0 Å². The van der Waals surface area contributed by atoms with Gasteiger partial charge in [0.1, 0.15) is 5.75 Å². The number of carbonyl (C=O) groups is 2. The van der Waals surface area contributed by atoms with Crippen molar-refractivity contribution < 1.29 is 23.8 Å². The first kappa shape index (κ1) is 19.6. The monoisotopic (exact) mass is 406 g/mol. The highest BCUT2D eigenvalue weighted by atomic mass is 16.7. The summed E-state index contributed by atoms with van der Waals surface area (Å²) in [4.78, 5) is 26.4. The van der Waals surface area contributed by atoms with Crippen LogP contribution in [0.25, 0.3) is 10.8 Å². The van der Waals surface area contributed by atoms with Crippen LogP contribution >= 0.6 is 0 Å². The quantitative estimate of drug-likeness (QED) is 0.681. The lowest BCUT2D eigenvalue weighted by Crippen LogP contribution is -2.37. The van der Waals surface area contributed by atoms with E-state index in [9.17, 15) is 9.59 Å². The number of rotatable bonds is 6. The van der Waals surface area contributed by atoms with Gasteiger partial charge in [0.25, 0.3) is 5.91 Å². The van der Waals surface area contributed by atoms with Gasteiger partial charge in [-0.1, -0.05) is 18.2 Å². The SMILES string of the molecule is COc1ccc2cc(CN(C)C(=O)CNC(=O)c3ccc4c(c3)OCO4)ccc2c1. The second-order valence-corrected chi connectivity index (χ2v) is 7.05. The molecule has 0 bridgehead atoms. The Bertz CT molecular complexity index is 1110. The molecule has 0 saturated heterocycles. The minimum atomic E-state index is -0.338. The highest BCUT2D eigenvalue weighted by Gasteiger charge is 2.17. The van der Waals surface area contributed by atoms with Crippen molar-refractivity contribution in [2.45, 2.75) is 6.54 Å². The number of nitrogens with one attached hydrogen (secondary N) is 1. The molecule has 0 radical (unpaired) electrons.